The van der Waals surface area contributed by atoms with Crippen LogP contribution in [0.25, 0.3) is 0 Å². The molecule has 18 heavy (non-hydrogen) atoms. The largest absolute Gasteiger partial charge is 0.367 e. The van der Waals surface area contributed by atoms with Crippen LogP contribution in [0.4, 0.5) is 5.69 Å². The summed E-state index contributed by atoms with van der Waals surface area (Å²) in [5.41, 5.74) is 9.41. The second-order valence-electron chi connectivity index (χ2n) is 4.63. The maximum absolute atomic E-state index is 5.67. The Balaban J connectivity index is 2.26. The van der Waals surface area contributed by atoms with Crippen molar-refractivity contribution in [3.05, 3.63) is 51.7 Å². The van der Waals surface area contributed by atoms with E-state index in [1.54, 1.807) is 11.3 Å². The molecule has 0 radical (unpaired) electrons. The first kappa shape index (κ1) is 13.1. The summed E-state index contributed by atoms with van der Waals surface area (Å²) >= 11 is 1.81. The standard InChI is InChI=1S/C15H20N2S/c1-11-9-13(10-16)6-7-14(11)17(3)12(2)15-5-4-8-18-15/h4-9,12H,10,16H2,1-3H3. The van der Waals surface area contributed by atoms with Gasteiger partial charge in [0.1, 0.15) is 0 Å². The van der Waals surface area contributed by atoms with Crippen LogP contribution in [0.5, 0.6) is 0 Å². The van der Waals surface area contributed by atoms with Crippen LogP contribution in [0.2, 0.25) is 0 Å². The fraction of sp³-hybridized carbons (Fsp3) is 0.333. The Hall–Kier alpha value is -1.32. The average molecular weight is 260 g/mol. The first-order chi connectivity index (χ1) is 8.63. The molecule has 0 fully saturated rings. The van der Waals surface area contributed by atoms with Crippen molar-refractivity contribution in [2.45, 2.75) is 26.4 Å². The molecule has 0 bridgehead atoms. The number of hydrogen-bond acceptors (Lipinski definition) is 3. The third kappa shape index (κ3) is 2.57. The molecule has 2 N–H and O–H groups in total. The van der Waals surface area contributed by atoms with E-state index in [1.807, 2.05) is 0 Å². The lowest BCUT2D eigenvalue weighted by atomic mass is 10.1. The van der Waals surface area contributed by atoms with Gasteiger partial charge in [-0.3, -0.25) is 0 Å². The van der Waals surface area contributed by atoms with Gasteiger partial charge >= 0.3 is 0 Å². The van der Waals surface area contributed by atoms with Gasteiger partial charge in [-0.05, 0) is 42.5 Å². The van der Waals surface area contributed by atoms with Crippen LogP contribution >= 0.6 is 11.3 Å². The first-order valence-electron chi connectivity index (χ1n) is 6.19. The van der Waals surface area contributed by atoms with E-state index in [0.29, 0.717) is 12.6 Å². The predicted molar refractivity (Wildman–Crippen MR) is 80.2 cm³/mol. The molecule has 0 spiro atoms. The molecule has 0 aliphatic heterocycles. The molecule has 1 aromatic heterocycles. The molecule has 0 aliphatic carbocycles. The van der Waals surface area contributed by atoms with Crippen molar-refractivity contribution in [2.24, 2.45) is 5.73 Å². The van der Waals surface area contributed by atoms with Crippen molar-refractivity contribution < 1.29 is 0 Å². The predicted octanol–water partition coefficient (Wildman–Crippen LogP) is 3.71. The van der Waals surface area contributed by atoms with Crippen LogP contribution in [0, 0.1) is 6.92 Å². The van der Waals surface area contributed by atoms with Gasteiger partial charge in [-0.2, -0.15) is 0 Å². The number of benzene rings is 1. The van der Waals surface area contributed by atoms with E-state index < -0.39 is 0 Å². The molecule has 2 nitrogen and oxygen atoms in total. The number of nitrogens with two attached hydrogens (primary N) is 1. The van der Waals surface area contributed by atoms with E-state index in [2.05, 4.69) is 61.5 Å². The number of aryl methyl sites for hydroxylation is 1. The number of rotatable bonds is 4. The summed E-state index contributed by atoms with van der Waals surface area (Å²) in [5, 5.41) is 2.13. The van der Waals surface area contributed by atoms with E-state index >= 15 is 0 Å². The van der Waals surface area contributed by atoms with E-state index in [0.717, 1.165) is 0 Å². The molecule has 0 amide bonds. The molecule has 1 unspecified atom stereocenters. The Morgan fingerprint density at radius 2 is 2.11 bits per heavy atom. The minimum absolute atomic E-state index is 0.396. The van der Waals surface area contributed by atoms with Crippen molar-refractivity contribution >= 4 is 17.0 Å². The van der Waals surface area contributed by atoms with Crippen LogP contribution in [0.1, 0.15) is 29.0 Å². The van der Waals surface area contributed by atoms with Crippen LogP contribution in [0.15, 0.2) is 35.7 Å². The van der Waals surface area contributed by atoms with Gasteiger partial charge in [0.25, 0.3) is 0 Å². The Kier molecular flexibility index (Phi) is 4.04. The van der Waals surface area contributed by atoms with Gasteiger partial charge < -0.3 is 10.6 Å². The van der Waals surface area contributed by atoms with Crippen molar-refractivity contribution in [1.82, 2.24) is 0 Å². The van der Waals surface area contributed by atoms with Gasteiger partial charge in [0.05, 0.1) is 6.04 Å². The maximum atomic E-state index is 5.67. The molecule has 3 heteroatoms. The van der Waals surface area contributed by atoms with Crippen LogP contribution < -0.4 is 10.6 Å². The molecule has 0 aliphatic rings. The fourth-order valence-corrected chi connectivity index (χ4v) is 3.00. The summed E-state index contributed by atoms with van der Waals surface area (Å²) < 4.78 is 0. The highest BCUT2D eigenvalue weighted by Crippen LogP contribution is 2.30. The Bertz CT molecular complexity index is 505. The molecular formula is C15H20N2S. The minimum atomic E-state index is 0.396. The highest BCUT2D eigenvalue weighted by molar-refractivity contribution is 7.10. The van der Waals surface area contributed by atoms with E-state index in [9.17, 15) is 0 Å². The van der Waals surface area contributed by atoms with Gasteiger partial charge in [-0.25, -0.2) is 0 Å². The Morgan fingerprint density at radius 1 is 1.33 bits per heavy atom. The van der Waals surface area contributed by atoms with Gasteiger partial charge in [-0.15, -0.1) is 11.3 Å². The average Bonchev–Trinajstić information content (AvgIpc) is 2.90. The van der Waals surface area contributed by atoms with Crippen molar-refractivity contribution in [2.75, 3.05) is 11.9 Å². The van der Waals surface area contributed by atoms with E-state index in [1.165, 1.54) is 21.7 Å². The summed E-state index contributed by atoms with van der Waals surface area (Å²) in [6, 6.07) is 11.1. The molecule has 0 saturated heterocycles. The minimum Gasteiger partial charge on any atom is -0.367 e. The molecular weight excluding hydrogens is 240 g/mol. The highest BCUT2D eigenvalue weighted by atomic mass is 32.1. The van der Waals surface area contributed by atoms with Crippen LogP contribution in [0.3, 0.4) is 0 Å². The Morgan fingerprint density at radius 3 is 2.67 bits per heavy atom. The molecule has 1 heterocycles. The lowest BCUT2D eigenvalue weighted by Gasteiger charge is -2.28. The molecule has 96 valence electrons. The summed E-state index contributed by atoms with van der Waals surface area (Å²) in [7, 11) is 2.15. The van der Waals surface area contributed by atoms with Crippen molar-refractivity contribution in [1.29, 1.82) is 0 Å². The smallest absolute Gasteiger partial charge is 0.0603 e. The topological polar surface area (TPSA) is 29.3 Å². The molecule has 2 rings (SSSR count). The SMILES string of the molecule is Cc1cc(CN)ccc1N(C)C(C)c1cccs1. The third-order valence-corrected chi connectivity index (χ3v) is 4.46. The maximum Gasteiger partial charge on any atom is 0.0603 e. The summed E-state index contributed by atoms with van der Waals surface area (Å²) in [5.74, 6) is 0. The third-order valence-electron chi connectivity index (χ3n) is 3.41. The lowest BCUT2D eigenvalue weighted by molar-refractivity contribution is 0.751. The van der Waals surface area contributed by atoms with Crippen LogP contribution in [-0.2, 0) is 6.54 Å². The summed E-state index contributed by atoms with van der Waals surface area (Å²) in [4.78, 5) is 3.71. The second-order valence-corrected chi connectivity index (χ2v) is 5.61. The zero-order valence-corrected chi connectivity index (χ0v) is 12.0. The Labute approximate surface area is 113 Å². The van der Waals surface area contributed by atoms with Crippen molar-refractivity contribution in [3.63, 3.8) is 0 Å². The molecule has 1 atom stereocenters. The number of nitrogens with zero attached hydrogens (tertiary/aromatic N) is 1. The normalized spacial score (nSPS) is 12.4. The second kappa shape index (κ2) is 5.55. The fourth-order valence-electron chi connectivity index (χ4n) is 2.17. The van der Waals surface area contributed by atoms with Gasteiger partial charge in [0, 0.05) is 24.2 Å². The van der Waals surface area contributed by atoms with Gasteiger partial charge in [0.15, 0.2) is 0 Å². The van der Waals surface area contributed by atoms with Gasteiger partial charge in [0.2, 0.25) is 0 Å². The zero-order chi connectivity index (χ0) is 13.1. The van der Waals surface area contributed by atoms with Crippen LogP contribution in [-0.4, -0.2) is 7.05 Å². The highest BCUT2D eigenvalue weighted by Gasteiger charge is 2.14. The van der Waals surface area contributed by atoms with E-state index in [4.69, 9.17) is 5.73 Å². The zero-order valence-electron chi connectivity index (χ0n) is 11.2. The number of anilines is 1. The summed E-state index contributed by atoms with van der Waals surface area (Å²) in [6.07, 6.45) is 0. The number of thiophene rings is 1. The lowest BCUT2D eigenvalue weighted by Crippen LogP contribution is -2.21. The summed E-state index contributed by atoms with van der Waals surface area (Å²) in [6.45, 7) is 4.99. The van der Waals surface area contributed by atoms with Crippen molar-refractivity contribution in [3.8, 4) is 0 Å². The monoisotopic (exact) mass is 260 g/mol. The van der Waals surface area contributed by atoms with Gasteiger partial charge in [-0.1, -0.05) is 18.2 Å². The quantitative estimate of drug-likeness (QED) is 0.908. The molecule has 2 aromatic rings. The first-order valence-corrected chi connectivity index (χ1v) is 7.07. The molecule has 1 aromatic carbocycles. The molecule has 0 saturated carbocycles. The van der Waals surface area contributed by atoms with E-state index in [-0.39, 0.29) is 0 Å². The number of hydrogen-bond donors (Lipinski definition) is 1.